The van der Waals surface area contributed by atoms with Crippen molar-refractivity contribution < 1.29 is 18.0 Å². The number of nitrogens with zero attached hydrogens (tertiary/aromatic N) is 4. The Balaban J connectivity index is 1.57. The van der Waals surface area contributed by atoms with E-state index in [1.54, 1.807) is 6.07 Å². The summed E-state index contributed by atoms with van der Waals surface area (Å²) in [5.41, 5.74) is 2.41. The van der Waals surface area contributed by atoms with Gasteiger partial charge in [0.25, 0.3) is 11.9 Å². The highest BCUT2D eigenvalue weighted by molar-refractivity contribution is 6.30. The molecule has 1 N–H and O–H groups in total. The number of fused-ring (bicyclic) bond motifs is 1. The van der Waals surface area contributed by atoms with Crippen molar-refractivity contribution >= 4 is 29.1 Å². The van der Waals surface area contributed by atoms with Crippen molar-refractivity contribution in [3.8, 4) is 5.95 Å². The molecule has 4 aromatic rings. The third kappa shape index (κ3) is 6.90. The van der Waals surface area contributed by atoms with Crippen molar-refractivity contribution in [2.75, 3.05) is 5.88 Å². The molecule has 0 spiro atoms. The first-order valence-corrected chi connectivity index (χ1v) is 14.3. The van der Waals surface area contributed by atoms with Crippen LogP contribution in [0.2, 0.25) is 5.02 Å². The molecule has 6 nitrogen and oxygen atoms in total. The van der Waals surface area contributed by atoms with E-state index in [0.29, 0.717) is 35.5 Å². The summed E-state index contributed by atoms with van der Waals surface area (Å²) in [5.74, 6) is -0.632. The van der Waals surface area contributed by atoms with E-state index in [4.69, 9.17) is 23.2 Å². The van der Waals surface area contributed by atoms with Crippen LogP contribution in [0.25, 0.3) is 5.95 Å². The third-order valence-electron chi connectivity index (χ3n) is 7.19. The number of hydrogen-bond donors (Lipinski definition) is 1. The van der Waals surface area contributed by atoms with Crippen molar-refractivity contribution in [1.29, 1.82) is 0 Å². The number of hydrogen-bond acceptors (Lipinski definition) is 4. The lowest BCUT2D eigenvalue weighted by atomic mass is 9.91. The molecule has 0 saturated carbocycles. The first kappa shape index (κ1) is 29.1. The summed E-state index contributed by atoms with van der Waals surface area (Å²) in [5, 5.41) is 8.16. The predicted molar refractivity (Wildman–Crippen MR) is 152 cm³/mol. The largest absolute Gasteiger partial charge is 0.433 e. The zero-order valence-corrected chi connectivity index (χ0v) is 23.6. The molecule has 2 aromatic heterocycles. The molecular weight excluding hydrogens is 574 g/mol. The standard InChI is InChI=1S/C30H28Cl2F3N5O/c31-18-23(17-19-7-2-1-3-8-19)37-28(41)26-24-12-5-4-10-21(15-20-9-6-11-22(32)16-20)27(24)40(39-26)29-36-14-13-25(38-29)30(33,34)35/h1-3,6-9,11,13-14,16,21,23H,4-5,10,12,15,17-18H2,(H,37,41)/t21?,23-/m1/s1. The molecule has 0 bridgehead atoms. The van der Waals surface area contributed by atoms with E-state index in [1.807, 2.05) is 48.5 Å². The Morgan fingerprint density at radius 3 is 2.59 bits per heavy atom. The van der Waals surface area contributed by atoms with Crippen LogP contribution >= 0.6 is 23.2 Å². The second-order valence-corrected chi connectivity index (χ2v) is 10.9. The lowest BCUT2D eigenvalue weighted by Gasteiger charge is -2.18. The zero-order valence-electron chi connectivity index (χ0n) is 22.0. The van der Waals surface area contributed by atoms with Gasteiger partial charge in [-0.25, -0.2) is 14.6 Å². The highest BCUT2D eigenvalue weighted by Crippen LogP contribution is 2.37. The number of rotatable bonds is 8. The van der Waals surface area contributed by atoms with Crippen LogP contribution in [-0.4, -0.2) is 37.6 Å². The second-order valence-electron chi connectivity index (χ2n) is 10.2. The Morgan fingerprint density at radius 2 is 1.85 bits per heavy atom. The minimum Gasteiger partial charge on any atom is -0.346 e. The molecule has 0 fully saturated rings. The Kier molecular flexibility index (Phi) is 8.94. The number of amides is 1. The molecule has 1 aliphatic rings. The van der Waals surface area contributed by atoms with Crippen LogP contribution in [0.3, 0.4) is 0 Å². The summed E-state index contributed by atoms with van der Waals surface area (Å²) in [7, 11) is 0. The smallest absolute Gasteiger partial charge is 0.346 e. The number of carbonyl (C=O) groups is 1. The van der Waals surface area contributed by atoms with Gasteiger partial charge in [0.15, 0.2) is 5.69 Å². The number of aromatic nitrogens is 4. The normalized spacial score (nSPS) is 16.1. The minimum absolute atomic E-state index is 0.147. The van der Waals surface area contributed by atoms with Gasteiger partial charge < -0.3 is 5.32 Å². The van der Waals surface area contributed by atoms with Crippen molar-refractivity contribution in [2.45, 2.75) is 56.7 Å². The average molecular weight is 602 g/mol. The van der Waals surface area contributed by atoms with Gasteiger partial charge in [0.05, 0.1) is 5.69 Å². The molecule has 41 heavy (non-hydrogen) atoms. The van der Waals surface area contributed by atoms with Gasteiger partial charge in [0, 0.05) is 34.6 Å². The molecular formula is C30H28Cl2F3N5O. The van der Waals surface area contributed by atoms with Gasteiger partial charge in [-0.05, 0) is 61.4 Å². The summed E-state index contributed by atoms with van der Waals surface area (Å²) in [6.07, 6.45) is 0.472. The van der Waals surface area contributed by atoms with E-state index in [9.17, 15) is 18.0 Å². The zero-order chi connectivity index (χ0) is 29.0. The predicted octanol–water partition coefficient (Wildman–Crippen LogP) is 6.97. The summed E-state index contributed by atoms with van der Waals surface area (Å²) in [6.45, 7) is 0. The Morgan fingerprint density at radius 1 is 1.07 bits per heavy atom. The highest BCUT2D eigenvalue weighted by atomic mass is 35.5. The van der Waals surface area contributed by atoms with Crippen molar-refractivity contribution in [2.24, 2.45) is 0 Å². The Hall–Kier alpha value is -3.43. The van der Waals surface area contributed by atoms with Gasteiger partial charge >= 0.3 is 6.18 Å². The van der Waals surface area contributed by atoms with Crippen LogP contribution in [0.15, 0.2) is 66.9 Å². The molecule has 1 unspecified atom stereocenters. The van der Waals surface area contributed by atoms with Crippen LogP contribution in [-0.2, 0) is 25.4 Å². The molecule has 1 amide bonds. The maximum Gasteiger partial charge on any atom is 0.433 e. The highest BCUT2D eigenvalue weighted by Gasteiger charge is 2.35. The number of alkyl halides is 4. The monoisotopic (exact) mass is 601 g/mol. The van der Waals surface area contributed by atoms with Crippen LogP contribution in [0.4, 0.5) is 13.2 Å². The number of carbonyl (C=O) groups excluding carboxylic acids is 1. The molecule has 0 aliphatic heterocycles. The summed E-state index contributed by atoms with van der Waals surface area (Å²) in [4.78, 5) is 21.6. The maximum absolute atomic E-state index is 13.7. The van der Waals surface area contributed by atoms with Crippen LogP contribution < -0.4 is 5.32 Å². The Bertz CT molecular complexity index is 1510. The van der Waals surface area contributed by atoms with E-state index in [2.05, 4.69) is 20.4 Å². The van der Waals surface area contributed by atoms with Gasteiger partial charge in [-0.2, -0.15) is 18.3 Å². The first-order valence-electron chi connectivity index (χ1n) is 13.4. The Labute approximate surface area is 245 Å². The van der Waals surface area contributed by atoms with Crippen LogP contribution in [0.5, 0.6) is 0 Å². The average Bonchev–Trinajstić information content (AvgIpc) is 3.22. The summed E-state index contributed by atoms with van der Waals surface area (Å²) in [6, 6.07) is 17.6. The van der Waals surface area contributed by atoms with Gasteiger partial charge in [-0.1, -0.05) is 60.5 Å². The fourth-order valence-electron chi connectivity index (χ4n) is 5.35. The molecule has 11 heteroatoms. The second kappa shape index (κ2) is 12.6. The topological polar surface area (TPSA) is 72.7 Å². The van der Waals surface area contributed by atoms with Gasteiger partial charge in [-0.3, -0.25) is 4.79 Å². The number of benzene rings is 2. The molecule has 0 radical (unpaired) electrons. The van der Waals surface area contributed by atoms with Crippen LogP contribution in [0.1, 0.15) is 63.7 Å². The molecule has 1 aliphatic carbocycles. The SMILES string of the molecule is O=C(N[C@@H](CCl)Cc1ccccc1)c1nn(-c2nccc(C(F)(F)F)n2)c2c1CCCCC2Cc1cccc(Cl)c1. The quantitative estimate of drug-likeness (QED) is 0.175. The fourth-order valence-corrected chi connectivity index (χ4v) is 5.74. The van der Waals surface area contributed by atoms with E-state index >= 15 is 0 Å². The van der Waals surface area contributed by atoms with Gasteiger partial charge in [-0.15, -0.1) is 11.6 Å². The van der Waals surface area contributed by atoms with Gasteiger partial charge in [0.2, 0.25) is 0 Å². The fraction of sp³-hybridized carbons (Fsp3) is 0.333. The maximum atomic E-state index is 13.7. The lowest BCUT2D eigenvalue weighted by molar-refractivity contribution is -0.141. The molecule has 2 aromatic carbocycles. The third-order valence-corrected chi connectivity index (χ3v) is 7.80. The first-order chi connectivity index (χ1) is 19.7. The molecule has 5 rings (SSSR count). The van der Waals surface area contributed by atoms with Crippen molar-refractivity contribution in [1.82, 2.24) is 25.1 Å². The van der Waals surface area contributed by atoms with E-state index in [-0.39, 0.29) is 29.5 Å². The van der Waals surface area contributed by atoms with Crippen LogP contribution in [0, 0.1) is 0 Å². The molecule has 2 heterocycles. The minimum atomic E-state index is -4.66. The molecule has 2 atom stereocenters. The van der Waals surface area contributed by atoms with E-state index in [0.717, 1.165) is 42.7 Å². The van der Waals surface area contributed by atoms with Crippen molar-refractivity contribution in [3.63, 3.8) is 0 Å². The summed E-state index contributed by atoms with van der Waals surface area (Å²) < 4.78 is 42.1. The molecule has 0 saturated heterocycles. The van der Waals surface area contributed by atoms with Crippen molar-refractivity contribution in [3.05, 3.63) is 106 Å². The van der Waals surface area contributed by atoms with E-state index in [1.165, 1.54) is 4.68 Å². The molecule has 214 valence electrons. The van der Waals surface area contributed by atoms with Gasteiger partial charge in [0.1, 0.15) is 5.69 Å². The number of nitrogens with one attached hydrogen (secondary N) is 1. The summed E-state index contributed by atoms with van der Waals surface area (Å²) >= 11 is 12.5. The van der Waals surface area contributed by atoms with E-state index < -0.39 is 17.8 Å². The number of halogens is 5. The lowest BCUT2D eigenvalue weighted by Crippen LogP contribution is -2.38.